The van der Waals surface area contributed by atoms with Crippen LogP contribution in [-0.4, -0.2) is 18.0 Å². The van der Waals surface area contributed by atoms with Crippen LogP contribution in [0.4, 0.5) is 5.69 Å². The summed E-state index contributed by atoms with van der Waals surface area (Å²) in [4.78, 5) is 21.4. The van der Waals surface area contributed by atoms with E-state index in [4.69, 9.17) is 9.47 Å². The summed E-state index contributed by atoms with van der Waals surface area (Å²) < 4.78 is 15.2. The Labute approximate surface area is 108 Å². The van der Waals surface area contributed by atoms with Crippen LogP contribution in [0.2, 0.25) is 0 Å². The first-order valence-corrected chi connectivity index (χ1v) is 5.39. The third-order valence-electron chi connectivity index (χ3n) is 2.58. The third-order valence-corrected chi connectivity index (χ3v) is 2.58. The molecule has 7 nitrogen and oxygen atoms in total. The van der Waals surface area contributed by atoms with Crippen LogP contribution in [0.15, 0.2) is 35.8 Å². The summed E-state index contributed by atoms with van der Waals surface area (Å²) in [6.07, 6.45) is -0.796. The van der Waals surface area contributed by atoms with Gasteiger partial charge in [0, 0.05) is 17.7 Å². The summed E-state index contributed by atoms with van der Waals surface area (Å²) >= 11 is 0. The maximum atomic E-state index is 11.4. The standard InChI is InChI=1S/C12H11NO6/c1-7-10(11(14)17-2)19-12(18-7)8-3-5-9(6-4-8)13(15)16/h3-6,12H,1-2H3. The zero-order valence-electron chi connectivity index (χ0n) is 10.3. The second kappa shape index (κ2) is 4.97. The lowest BCUT2D eigenvalue weighted by atomic mass is 10.2. The zero-order valence-corrected chi connectivity index (χ0v) is 10.3. The molecule has 0 aromatic heterocycles. The quantitative estimate of drug-likeness (QED) is 0.472. The van der Waals surface area contributed by atoms with E-state index in [1.165, 1.54) is 31.4 Å². The lowest BCUT2D eigenvalue weighted by molar-refractivity contribution is -0.384. The van der Waals surface area contributed by atoms with Gasteiger partial charge in [-0.05, 0) is 19.1 Å². The van der Waals surface area contributed by atoms with Crippen LogP contribution < -0.4 is 0 Å². The van der Waals surface area contributed by atoms with Crippen LogP contribution in [-0.2, 0) is 19.0 Å². The van der Waals surface area contributed by atoms with E-state index in [-0.39, 0.29) is 11.4 Å². The lowest BCUT2D eigenvalue weighted by Gasteiger charge is -2.11. The fourth-order valence-electron chi connectivity index (χ4n) is 1.60. The van der Waals surface area contributed by atoms with E-state index >= 15 is 0 Å². The van der Waals surface area contributed by atoms with E-state index in [1.54, 1.807) is 6.92 Å². The number of nitro benzene ring substituents is 1. The van der Waals surface area contributed by atoms with Gasteiger partial charge in [-0.3, -0.25) is 10.1 Å². The first-order chi connectivity index (χ1) is 9.02. The molecular formula is C12H11NO6. The van der Waals surface area contributed by atoms with Crippen molar-refractivity contribution in [2.75, 3.05) is 7.11 Å². The summed E-state index contributed by atoms with van der Waals surface area (Å²) in [6, 6.07) is 5.70. The number of esters is 1. The Morgan fingerprint density at radius 1 is 1.32 bits per heavy atom. The van der Waals surface area contributed by atoms with Gasteiger partial charge in [-0.2, -0.15) is 0 Å². The van der Waals surface area contributed by atoms with Gasteiger partial charge in [-0.25, -0.2) is 4.79 Å². The first-order valence-electron chi connectivity index (χ1n) is 5.39. The van der Waals surface area contributed by atoms with Crippen LogP contribution in [0.3, 0.4) is 0 Å². The van der Waals surface area contributed by atoms with Crippen LogP contribution >= 0.6 is 0 Å². The van der Waals surface area contributed by atoms with E-state index in [9.17, 15) is 14.9 Å². The van der Waals surface area contributed by atoms with Crippen LogP contribution in [0.5, 0.6) is 0 Å². The van der Waals surface area contributed by atoms with Crippen molar-refractivity contribution in [1.29, 1.82) is 0 Å². The number of carbonyl (C=O) groups excluding carboxylic acids is 1. The first kappa shape index (κ1) is 12.9. The number of hydrogen-bond acceptors (Lipinski definition) is 6. The summed E-state index contributed by atoms with van der Waals surface area (Å²) in [5, 5.41) is 10.5. The van der Waals surface area contributed by atoms with Gasteiger partial charge >= 0.3 is 5.97 Å². The summed E-state index contributed by atoms with van der Waals surface area (Å²) in [5.74, 6) is -0.303. The van der Waals surface area contributed by atoms with E-state index in [2.05, 4.69) is 4.74 Å². The smallest absolute Gasteiger partial charge is 0.377 e. The van der Waals surface area contributed by atoms with Gasteiger partial charge in [-0.15, -0.1) is 0 Å². The predicted octanol–water partition coefficient (Wildman–Crippen LogP) is 2.04. The number of benzene rings is 1. The maximum absolute atomic E-state index is 11.4. The summed E-state index contributed by atoms with van der Waals surface area (Å²) in [6.45, 7) is 1.58. The number of allylic oxidation sites excluding steroid dienone is 1. The highest BCUT2D eigenvalue weighted by Crippen LogP contribution is 2.33. The molecule has 1 atom stereocenters. The Kier molecular flexibility index (Phi) is 3.37. The van der Waals surface area contributed by atoms with Gasteiger partial charge in [0.1, 0.15) is 5.76 Å². The predicted molar refractivity (Wildman–Crippen MR) is 62.7 cm³/mol. The molecule has 19 heavy (non-hydrogen) atoms. The Morgan fingerprint density at radius 2 is 1.95 bits per heavy atom. The molecule has 1 unspecified atom stereocenters. The van der Waals surface area contributed by atoms with E-state index in [0.717, 1.165) is 0 Å². The molecular weight excluding hydrogens is 254 g/mol. The highest BCUT2D eigenvalue weighted by molar-refractivity contribution is 5.86. The number of hydrogen-bond donors (Lipinski definition) is 0. The minimum Gasteiger partial charge on any atom is -0.463 e. The largest absolute Gasteiger partial charge is 0.463 e. The Bertz CT molecular complexity index is 548. The third kappa shape index (κ3) is 2.49. The highest BCUT2D eigenvalue weighted by atomic mass is 16.7. The molecule has 0 aliphatic carbocycles. The average Bonchev–Trinajstić information content (AvgIpc) is 2.80. The van der Waals surface area contributed by atoms with Gasteiger partial charge in [0.05, 0.1) is 12.0 Å². The normalized spacial score (nSPS) is 17.7. The molecule has 0 spiro atoms. The van der Waals surface area contributed by atoms with E-state index in [1.807, 2.05) is 0 Å². The SMILES string of the molecule is COC(=O)C1=C(C)OC(c2ccc([N+](=O)[O-])cc2)O1. The molecule has 1 heterocycles. The van der Waals surface area contributed by atoms with Crippen molar-refractivity contribution in [2.24, 2.45) is 0 Å². The Morgan fingerprint density at radius 3 is 2.47 bits per heavy atom. The van der Waals surface area contributed by atoms with E-state index in [0.29, 0.717) is 11.3 Å². The molecule has 1 aliphatic heterocycles. The molecule has 0 saturated carbocycles. The minimum atomic E-state index is -0.796. The zero-order chi connectivity index (χ0) is 14.0. The van der Waals surface area contributed by atoms with Crippen LogP contribution in [0, 0.1) is 10.1 Å². The molecule has 0 fully saturated rings. The minimum absolute atomic E-state index is 0.00542. The molecule has 0 N–H and O–H groups in total. The number of nitro groups is 1. The molecule has 1 aromatic rings. The molecule has 7 heteroatoms. The monoisotopic (exact) mass is 265 g/mol. The molecule has 0 radical (unpaired) electrons. The van der Waals surface area contributed by atoms with Gasteiger partial charge in [0.15, 0.2) is 0 Å². The van der Waals surface area contributed by atoms with Gasteiger partial charge in [0.2, 0.25) is 5.76 Å². The van der Waals surface area contributed by atoms with Crippen molar-refractivity contribution in [3.05, 3.63) is 51.5 Å². The highest BCUT2D eigenvalue weighted by Gasteiger charge is 2.31. The molecule has 1 aliphatic rings. The topological polar surface area (TPSA) is 87.9 Å². The lowest BCUT2D eigenvalue weighted by Crippen LogP contribution is -2.07. The van der Waals surface area contributed by atoms with Crippen molar-refractivity contribution < 1.29 is 23.9 Å². The molecule has 0 saturated heterocycles. The van der Waals surface area contributed by atoms with Crippen molar-refractivity contribution >= 4 is 11.7 Å². The van der Waals surface area contributed by atoms with E-state index < -0.39 is 17.2 Å². The summed E-state index contributed by atoms with van der Waals surface area (Å²) in [7, 11) is 1.24. The van der Waals surface area contributed by atoms with Crippen LogP contribution in [0.1, 0.15) is 18.8 Å². The van der Waals surface area contributed by atoms with Gasteiger partial charge in [0.25, 0.3) is 12.0 Å². The summed E-state index contributed by atoms with van der Waals surface area (Å²) in [5.41, 5.74) is 0.545. The second-order valence-corrected chi connectivity index (χ2v) is 3.79. The van der Waals surface area contributed by atoms with Gasteiger partial charge in [-0.1, -0.05) is 0 Å². The number of carbonyl (C=O) groups is 1. The fourth-order valence-corrected chi connectivity index (χ4v) is 1.60. The van der Waals surface area contributed by atoms with Crippen LogP contribution in [0.25, 0.3) is 0 Å². The number of methoxy groups -OCH3 is 1. The second-order valence-electron chi connectivity index (χ2n) is 3.79. The molecule has 0 amide bonds. The van der Waals surface area contributed by atoms with Crippen molar-refractivity contribution in [1.82, 2.24) is 0 Å². The fraction of sp³-hybridized carbons (Fsp3) is 0.250. The molecule has 100 valence electrons. The van der Waals surface area contributed by atoms with Crippen molar-refractivity contribution in [3.8, 4) is 0 Å². The molecule has 2 rings (SSSR count). The Balaban J connectivity index is 2.14. The number of ether oxygens (including phenoxy) is 3. The number of rotatable bonds is 3. The average molecular weight is 265 g/mol. The Hall–Kier alpha value is -2.57. The van der Waals surface area contributed by atoms with Crippen molar-refractivity contribution in [2.45, 2.75) is 13.2 Å². The number of nitrogens with zero attached hydrogens (tertiary/aromatic N) is 1. The number of non-ortho nitro benzene ring substituents is 1. The molecule has 0 bridgehead atoms. The maximum Gasteiger partial charge on any atom is 0.377 e. The molecule has 1 aromatic carbocycles. The van der Waals surface area contributed by atoms with Crippen molar-refractivity contribution in [3.63, 3.8) is 0 Å². The van der Waals surface area contributed by atoms with Gasteiger partial charge < -0.3 is 14.2 Å².